The molecule has 2 fully saturated rings. The molecule has 1 unspecified atom stereocenters. The van der Waals surface area contributed by atoms with Gasteiger partial charge in [0.1, 0.15) is 0 Å². The molecule has 76 valence electrons. The van der Waals surface area contributed by atoms with Crippen LogP contribution in [-0.4, -0.2) is 54.5 Å². The van der Waals surface area contributed by atoms with E-state index in [0.717, 1.165) is 26.1 Å². The normalized spacial score (nSPS) is 34.8. The van der Waals surface area contributed by atoms with Crippen molar-refractivity contribution >= 4 is 0 Å². The summed E-state index contributed by atoms with van der Waals surface area (Å²) < 4.78 is 25.1. The number of likely N-dealkylation sites (tertiary alicyclic amines) is 2. The number of hydrogen-bond acceptors (Lipinski definition) is 2. The number of nitrogens with zero attached hydrogens (tertiary/aromatic N) is 2. The summed E-state index contributed by atoms with van der Waals surface area (Å²) in [7, 11) is 0. The largest absolute Gasteiger partial charge is 0.302 e. The molecule has 0 N–H and O–H groups in total. The molecule has 0 amide bonds. The van der Waals surface area contributed by atoms with Gasteiger partial charge in [-0.25, -0.2) is 8.78 Å². The van der Waals surface area contributed by atoms with E-state index >= 15 is 0 Å². The Morgan fingerprint density at radius 3 is 2.54 bits per heavy atom. The average molecular weight is 190 g/mol. The summed E-state index contributed by atoms with van der Waals surface area (Å²) in [5, 5.41) is 0. The quantitative estimate of drug-likeness (QED) is 0.641. The van der Waals surface area contributed by atoms with E-state index in [1.807, 2.05) is 4.90 Å². The Labute approximate surface area is 77.5 Å². The van der Waals surface area contributed by atoms with Crippen molar-refractivity contribution in [3.05, 3.63) is 0 Å². The third-order valence-corrected chi connectivity index (χ3v) is 3.08. The van der Waals surface area contributed by atoms with E-state index in [4.69, 9.17) is 0 Å². The van der Waals surface area contributed by atoms with Crippen molar-refractivity contribution in [2.24, 2.45) is 0 Å². The smallest absolute Gasteiger partial charge is 0.272 e. The van der Waals surface area contributed by atoms with E-state index in [1.54, 1.807) is 0 Å². The number of rotatable bonds is 2. The predicted molar refractivity (Wildman–Crippen MR) is 47.0 cm³/mol. The van der Waals surface area contributed by atoms with Crippen LogP contribution in [0.2, 0.25) is 0 Å². The molecule has 2 saturated heterocycles. The molecule has 0 spiro atoms. The van der Waals surface area contributed by atoms with Gasteiger partial charge in [-0.3, -0.25) is 4.90 Å². The van der Waals surface area contributed by atoms with Crippen molar-refractivity contribution in [3.8, 4) is 0 Å². The van der Waals surface area contributed by atoms with Gasteiger partial charge in [-0.1, -0.05) is 6.92 Å². The molecular weight excluding hydrogens is 174 g/mol. The predicted octanol–water partition coefficient (Wildman–Crippen LogP) is 1.03. The molecule has 2 heterocycles. The zero-order valence-electron chi connectivity index (χ0n) is 7.97. The third-order valence-electron chi connectivity index (χ3n) is 3.08. The molecule has 0 aromatic rings. The van der Waals surface area contributed by atoms with E-state index in [0.29, 0.717) is 6.04 Å². The van der Waals surface area contributed by atoms with Crippen LogP contribution in [0.1, 0.15) is 13.3 Å². The molecule has 2 rings (SSSR count). The molecule has 4 heteroatoms. The van der Waals surface area contributed by atoms with E-state index in [-0.39, 0.29) is 13.1 Å². The maximum absolute atomic E-state index is 12.6. The Kier molecular flexibility index (Phi) is 2.28. The Morgan fingerprint density at radius 2 is 2.08 bits per heavy atom. The van der Waals surface area contributed by atoms with Gasteiger partial charge < -0.3 is 4.90 Å². The van der Waals surface area contributed by atoms with Gasteiger partial charge in [0.05, 0.1) is 13.1 Å². The van der Waals surface area contributed by atoms with Crippen molar-refractivity contribution in [1.82, 2.24) is 9.80 Å². The lowest BCUT2D eigenvalue weighted by Gasteiger charge is -2.42. The van der Waals surface area contributed by atoms with Crippen LogP contribution in [0.15, 0.2) is 0 Å². The molecule has 2 aliphatic rings. The second kappa shape index (κ2) is 3.17. The minimum absolute atomic E-state index is 0.0186. The van der Waals surface area contributed by atoms with Gasteiger partial charge in [0.15, 0.2) is 0 Å². The SMILES string of the molecule is CCN1CCC(N2CC(F)(F)C2)C1. The lowest BCUT2D eigenvalue weighted by atomic mass is 10.1. The van der Waals surface area contributed by atoms with Crippen molar-refractivity contribution in [2.75, 3.05) is 32.7 Å². The highest BCUT2D eigenvalue weighted by Crippen LogP contribution is 2.31. The molecule has 2 nitrogen and oxygen atoms in total. The first-order chi connectivity index (χ1) is 6.11. The van der Waals surface area contributed by atoms with Gasteiger partial charge in [-0.15, -0.1) is 0 Å². The minimum Gasteiger partial charge on any atom is -0.302 e. The summed E-state index contributed by atoms with van der Waals surface area (Å²) in [5.41, 5.74) is 0. The summed E-state index contributed by atoms with van der Waals surface area (Å²) in [6.45, 7) is 5.17. The van der Waals surface area contributed by atoms with Gasteiger partial charge in [-0.2, -0.15) is 0 Å². The topological polar surface area (TPSA) is 6.48 Å². The first-order valence-electron chi connectivity index (χ1n) is 4.95. The third kappa shape index (κ3) is 1.83. The summed E-state index contributed by atoms with van der Waals surface area (Å²) in [6.07, 6.45) is 1.06. The highest BCUT2D eigenvalue weighted by atomic mass is 19.3. The van der Waals surface area contributed by atoms with Crippen LogP contribution in [-0.2, 0) is 0 Å². The van der Waals surface area contributed by atoms with Crippen LogP contribution >= 0.6 is 0 Å². The summed E-state index contributed by atoms with van der Waals surface area (Å²) in [5.74, 6) is -2.40. The van der Waals surface area contributed by atoms with Crippen LogP contribution in [0.3, 0.4) is 0 Å². The zero-order valence-corrected chi connectivity index (χ0v) is 7.97. The second-order valence-electron chi connectivity index (χ2n) is 4.10. The van der Waals surface area contributed by atoms with Gasteiger partial charge in [0.2, 0.25) is 0 Å². The zero-order chi connectivity index (χ0) is 9.47. The number of alkyl halides is 2. The maximum Gasteiger partial charge on any atom is 0.272 e. The standard InChI is InChI=1S/C9H16F2N2/c1-2-12-4-3-8(5-12)13-6-9(10,11)7-13/h8H,2-7H2,1H3. The minimum atomic E-state index is -2.40. The summed E-state index contributed by atoms with van der Waals surface area (Å²) in [6, 6.07) is 0.388. The fourth-order valence-electron chi connectivity index (χ4n) is 2.20. The first-order valence-corrected chi connectivity index (χ1v) is 4.95. The fraction of sp³-hybridized carbons (Fsp3) is 1.00. The number of likely N-dealkylation sites (N-methyl/N-ethyl adjacent to an activating group) is 1. The van der Waals surface area contributed by atoms with Crippen molar-refractivity contribution in [2.45, 2.75) is 25.3 Å². The first kappa shape index (κ1) is 9.34. The van der Waals surface area contributed by atoms with Crippen LogP contribution < -0.4 is 0 Å². The molecule has 0 aliphatic carbocycles. The fourth-order valence-corrected chi connectivity index (χ4v) is 2.20. The molecule has 0 aromatic heterocycles. The Hall–Kier alpha value is -0.220. The number of halogens is 2. The molecular formula is C9H16F2N2. The molecule has 13 heavy (non-hydrogen) atoms. The molecule has 0 radical (unpaired) electrons. The lowest BCUT2D eigenvalue weighted by molar-refractivity contribution is -0.144. The van der Waals surface area contributed by atoms with E-state index < -0.39 is 5.92 Å². The molecule has 1 atom stereocenters. The molecule has 0 bridgehead atoms. The van der Waals surface area contributed by atoms with Crippen molar-refractivity contribution in [3.63, 3.8) is 0 Å². The highest BCUT2D eigenvalue weighted by Gasteiger charge is 2.47. The van der Waals surface area contributed by atoms with Crippen molar-refractivity contribution < 1.29 is 8.78 Å². The van der Waals surface area contributed by atoms with Gasteiger partial charge in [0.25, 0.3) is 5.92 Å². The second-order valence-corrected chi connectivity index (χ2v) is 4.10. The van der Waals surface area contributed by atoms with Crippen molar-refractivity contribution in [1.29, 1.82) is 0 Å². The Balaban J connectivity index is 1.79. The Morgan fingerprint density at radius 1 is 1.38 bits per heavy atom. The molecule has 0 saturated carbocycles. The number of hydrogen-bond donors (Lipinski definition) is 0. The van der Waals surface area contributed by atoms with E-state index in [1.165, 1.54) is 0 Å². The molecule has 2 aliphatic heterocycles. The maximum atomic E-state index is 12.6. The van der Waals surface area contributed by atoms with Crippen LogP contribution in [0, 0.1) is 0 Å². The van der Waals surface area contributed by atoms with Gasteiger partial charge in [-0.05, 0) is 19.5 Å². The van der Waals surface area contributed by atoms with Gasteiger partial charge >= 0.3 is 0 Å². The summed E-state index contributed by atoms with van der Waals surface area (Å²) in [4.78, 5) is 4.23. The average Bonchev–Trinajstić information content (AvgIpc) is 2.47. The van der Waals surface area contributed by atoms with E-state index in [9.17, 15) is 8.78 Å². The van der Waals surface area contributed by atoms with E-state index in [2.05, 4.69) is 11.8 Å². The molecule has 0 aromatic carbocycles. The lowest BCUT2D eigenvalue weighted by Crippen LogP contribution is -2.60. The Bertz CT molecular complexity index is 188. The van der Waals surface area contributed by atoms with Crippen LogP contribution in [0.5, 0.6) is 0 Å². The highest BCUT2D eigenvalue weighted by molar-refractivity contribution is 4.94. The monoisotopic (exact) mass is 190 g/mol. The van der Waals surface area contributed by atoms with Crippen LogP contribution in [0.25, 0.3) is 0 Å². The van der Waals surface area contributed by atoms with Crippen LogP contribution in [0.4, 0.5) is 8.78 Å². The summed E-state index contributed by atoms with van der Waals surface area (Å²) >= 11 is 0. The van der Waals surface area contributed by atoms with Gasteiger partial charge in [0, 0.05) is 12.6 Å².